The highest BCUT2D eigenvalue weighted by Crippen LogP contribution is 2.20. The van der Waals surface area contributed by atoms with Gasteiger partial charge >= 0.3 is 0 Å². The van der Waals surface area contributed by atoms with Crippen molar-refractivity contribution in [2.45, 2.75) is 13.3 Å². The Kier molecular flexibility index (Phi) is 4.26. The van der Waals surface area contributed by atoms with E-state index < -0.39 is 0 Å². The van der Waals surface area contributed by atoms with Crippen LogP contribution in [0.3, 0.4) is 0 Å². The summed E-state index contributed by atoms with van der Waals surface area (Å²) in [5.74, 6) is 0.917. The molecule has 0 aliphatic carbocycles. The number of hydrogen-bond donors (Lipinski definition) is 2. The molecule has 1 amide bonds. The van der Waals surface area contributed by atoms with Gasteiger partial charge in [-0.2, -0.15) is 5.10 Å². The zero-order chi connectivity index (χ0) is 13.8. The lowest BCUT2D eigenvalue weighted by Gasteiger charge is -2.26. The highest BCUT2D eigenvalue weighted by Gasteiger charge is 2.16. The summed E-state index contributed by atoms with van der Waals surface area (Å²) in [6.45, 7) is 5.05. The zero-order valence-corrected chi connectivity index (χ0v) is 11.5. The molecule has 1 fully saturated rings. The molecule has 0 atom stereocenters. The third-order valence-electron chi connectivity index (χ3n) is 3.26. The smallest absolute Gasteiger partial charge is 0.224 e. The number of anilines is 2. The van der Waals surface area contributed by atoms with Crippen molar-refractivity contribution in [3.05, 3.63) is 5.69 Å². The lowest BCUT2D eigenvalue weighted by atomic mass is 10.3. The van der Waals surface area contributed by atoms with Crippen molar-refractivity contribution < 1.29 is 9.53 Å². The van der Waals surface area contributed by atoms with Crippen LogP contribution in [0.15, 0.2) is 0 Å². The highest BCUT2D eigenvalue weighted by molar-refractivity contribution is 5.77. The third-order valence-corrected chi connectivity index (χ3v) is 3.26. The average molecular weight is 267 g/mol. The van der Waals surface area contributed by atoms with Gasteiger partial charge in [0.25, 0.3) is 0 Å². The number of nitrogen functional groups attached to an aromatic ring is 1. The van der Waals surface area contributed by atoms with Gasteiger partial charge in [-0.15, -0.1) is 0 Å². The van der Waals surface area contributed by atoms with Gasteiger partial charge in [-0.1, -0.05) is 0 Å². The fourth-order valence-corrected chi connectivity index (χ4v) is 2.14. The second kappa shape index (κ2) is 5.92. The number of nitrogens with two attached hydrogens (primary N) is 1. The molecule has 1 saturated heterocycles. The summed E-state index contributed by atoms with van der Waals surface area (Å²) < 4.78 is 6.92. The normalized spacial score (nSPS) is 15.6. The van der Waals surface area contributed by atoms with Crippen LogP contribution in [-0.2, 0) is 16.6 Å². The minimum Gasteiger partial charge on any atom is -0.394 e. The summed E-state index contributed by atoms with van der Waals surface area (Å²) in [5.41, 5.74) is 7.34. The predicted octanol–water partition coefficient (Wildman–Crippen LogP) is -0.0285. The first kappa shape index (κ1) is 13.7. The number of aryl methyl sites for hydroxylation is 2. The number of hydrogen-bond acceptors (Lipinski definition) is 5. The summed E-state index contributed by atoms with van der Waals surface area (Å²) in [5, 5.41) is 7.38. The first-order chi connectivity index (χ1) is 9.09. The Morgan fingerprint density at radius 2 is 2.16 bits per heavy atom. The van der Waals surface area contributed by atoms with Gasteiger partial charge in [0.2, 0.25) is 5.91 Å². The molecule has 0 aromatic carbocycles. The second-order valence-corrected chi connectivity index (χ2v) is 4.64. The largest absolute Gasteiger partial charge is 0.394 e. The number of aromatic nitrogens is 2. The summed E-state index contributed by atoms with van der Waals surface area (Å²) in [7, 11) is 1.83. The van der Waals surface area contributed by atoms with E-state index in [0.29, 0.717) is 45.0 Å². The minimum absolute atomic E-state index is 0.147. The monoisotopic (exact) mass is 267 g/mol. The van der Waals surface area contributed by atoms with E-state index in [-0.39, 0.29) is 5.91 Å². The maximum absolute atomic E-state index is 11.9. The van der Waals surface area contributed by atoms with E-state index >= 15 is 0 Å². The molecule has 0 radical (unpaired) electrons. The van der Waals surface area contributed by atoms with Crippen LogP contribution in [0.1, 0.15) is 12.1 Å². The summed E-state index contributed by atoms with van der Waals surface area (Å²) in [6.07, 6.45) is 0.448. The van der Waals surface area contributed by atoms with Crippen molar-refractivity contribution >= 4 is 17.4 Å². The van der Waals surface area contributed by atoms with Gasteiger partial charge in [0.1, 0.15) is 5.82 Å². The summed E-state index contributed by atoms with van der Waals surface area (Å²) in [4.78, 5) is 13.8. The van der Waals surface area contributed by atoms with Crippen LogP contribution in [0.4, 0.5) is 11.5 Å². The number of rotatable bonds is 4. The third kappa shape index (κ3) is 3.17. The molecular weight excluding hydrogens is 246 g/mol. The average Bonchev–Trinajstić information content (AvgIpc) is 2.66. The lowest BCUT2D eigenvalue weighted by Crippen LogP contribution is -2.41. The van der Waals surface area contributed by atoms with E-state index in [1.807, 2.05) is 18.9 Å². The second-order valence-electron chi connectivity index (χ2n) is 4.64. The molecule has 106 valence electrons. The molecule has 7 nitrogen and oxygen atoms in total. The SMILES string of the molecule is Cc1nn(C)c(NCCC(=O)N2CCOCC2)c1N. The number of nitrogens with zero attached hydrogens (tertiary/aromatic N) is 3. The van der Waals surface area contributed by atoms with Crippen molar-refractivity contribution in [1.29, 1.82) is 0 Å². The topological polar surface area (TPSA) is 85.4 Å². The molecule has 0 unspecified atom stereocenters. The standard InChI is InChI=1S/C12H21N5O2/c1-9-11(13)12(16(2)15-9)14-4-3-10(18)17-5-7-19-8-6-17/h14H,3-8,13H2,1-2H3. The van der Waals surface area contributed by atoms with Crippen molar-refractivity contribution in [3.63, 3.8) is 0 Å². The maximum Gasteiger partial charge on any atom is 0.224 e. The molecule has 2 heterocycles. The van der Waals surface area contributed by atoms with E-state index in [2.05, 4.69) is 10.4 Å². The summed E-state index contributed by atoms with van der Waals surface area (Å²) in [6, 6.07) is 0. The molecule has 0 saturated carbocycles. The molecule has 1 aliphatic rings. The van der Waals surface area contributed by atoms with E-state index in [1.165, 1.54) is 0 Å². The van der Waals surface area contributed by atoms with E-state index in [1.54, 1.807) is 4.68 Å². The molecule has 1 aromatic rings. The fourth-order valence-electron chi connectivity index (χ4n) is 2.14. The Balaban J connectivity index is 1.81. The minimum atomic E-state index is 0.147. The van der Waals surface area contributed by atoms with Gasteiger partial charge in [-0.3, -0.25) is 9.48 Å². The van der Waals surface area contributed by atoms with Crippen LogP contribution in [0, 0.1) is 6.92 Å². The molecule has 0 bridgehead atoms. The van der Waals surface area contributed by atoms with Gasteiger partial charge in [0.15, 0.2) is 0 Å². The van der Waals surface area contributed by atoms with Crippen molar-refractivity contribution in [2.24, 2.45) is 7.05 Å². The van der Waals surface area contributed by atoms with E-state index in [4.69, 9.17) is 10.5 Å². The number of carbonyl (C=O) groups excluding carboxylic acids is 1. The molecule has 3 N–H and O–H groups in total. The Morgan fingerprint density at radius 1 is 1.47 bits per heavy atom. The Morgan fingerprint density at radius 3 is 2.74 bits per heavy atom. The van der Waals surface area contributed by atoms with Gasteiger partial charge < -0.3 is 20.7 Å². The highest BCUT2D eigenvalue weighted by atomic mass is 16.5. The van der Waals surface area contributed by atoms with Crippen LogP contribution in [0.5, 0.6) is 0 Å². The molecule has 19 heavy (non-hydrogen) atoms. The Bertz CT molecular complexity index is 451. The summed E-state index contributed by atoms with van der Waals surface area (Å²) >= 11 is 0. The molecule has 1 aromatic heterocycles. The van der Waals surface area contributed by atoms with Gasteiger partial charge in [-0.25, -0.2) is 0 Å². The number of ether oxygens (including phenoxy) is 1. The number of morpholine rings is 1. The molecule has 7 heteroatoms. The van der Waals surface area contributed by atoms with Crippen molar-refractivity contribution in [3.8, 4) is 0 Å². The quantitative estimate of drug-likeness (QED) is 0.800. The molecule has 2 rings (SSSR count). The molecule has 1 aliphatic heterocycles. The molecular formula is C12H21N5O2. The zero-order valence-electron chi connectivity index (χ0n) is 11.5. The Labute approximate surface area is 112 Å². The molecule has 0 spiro atoms. The van der Waals surface area contributed by atoms with Gasteiger partial charge in [-0.05, 0) is 6.92 Å². The van der Waals surface area contributed by atoms with Gasteiger partial charge in [0.05, 0.1) is 24.6 Å². The van der Waals surface area contributed by atoms with Crippen LogP contribution < -0.4 is 11.1 Å². The number of carbonyl (C=O) groups is 1. The first-order valence-corrected chi connectivity index (χ1v) is 6.48. The fraction of sp³-hybridized carbons (Fsp3) is 0.667. The van der Waals surface area contributed by atoms with Gasteiger partial charge in [0, 0.05) is 33.1 Å². The van der Waals surface area contributed by atoms with Crippen LogP contribution in [0.2, 0.25) is 0 Å². The lowest BCUT2D eigenvalue weighted by molar-refractivity contribution is -0.134. The van der Waals surface area contributed by atoms with E-state index in [0.717, 1.165) is 11.5 Å². The van der Waals surface area contributed by atoms with Crippen LogP contribution in [-0.4, -0.2) is 53.4 Å². The first-order valence-electron chi connectivity index (χ1n) is 6.48. The van der Waals surface area contributed by atoms with Crippen molar-refractivity contribution in [1.82, 2.24) is 14.7 Å². The van der Waals surface area contributed by atoms with E-state index in [9.17, 15) is 4.79 Å². The maximum atomic E-state index is 11.9. The number of amides is 1. The van der Waals surface area contributed by atoms with Crippen LogP contribution >= 0.6 is 0 Å². The Hall–Kier alpha value is -1.76. The van der Waals surface area contributed by atoms with Crippen LogP contribution in [0.25, 0.3) is 0 Å². The predicted molar refractivity (Wildman–Crippen MR) is 72.9 cm³/mol. The van der Waals surface area contributed by atoms with Crippen molar-refractivity contribution in [2.75, 3.05) is 43.9 Å². The number of nitrogens with one attached hydrogen (secondary N) is 1.